The zero-order chi connectivity index (χ0) is 12.3. The van der Waals surface area contributed by atoms with Crippen LogP contribution >= 0.6 is 11.6 Å². The summed E-state index contributed by atoms with van der Waals surface area (Å²) in [4.78, 5) is 9.08. The molecular weight excluding hydrogens is 234 g/mol. The zero-order valence-electron chi connectivity index (χ0n) is 10.6. The second-order valence-corrected chi connectivity index (χ2v) is 4.89. The Kier molecular flexibility index (Phi) is 4.24. The fourth-order valence-electron chi connectivity index (χ4n) is 2.42. The first kappa shape index (κ1) is 12.7. The Bertz CT molecular complexity index is 369. The minimum atomic E-state index is 0.557. The van der Waals surface area contributed by atoms with E-state index in [9.17, 15) is 0 Å². The SMILES string of the molecule is CCC1CN(c2cnccc2CCl)CCN1C. The van der Waals surface area contributed by atoms with Gasteiger partial charge in [0.15, 0.2) is 0 Å². The molecule has 94 valence electrons. The fourth-order valence-corrected chi connectivity index (χ4v) is 2.64. The van der Waals surface area contributed by atoms with Gasteiger partial charge in [0.25, 0.3) is 0 Å². The predicted octanol–water partition coefficient (Wildman–Crippen LogP) is 2.35. The summed E-state index contributed by atoms with van der Waals surface area (Å²) in [5, 5.41) is 0. The van der Waals surface area contributed by atoms with Crippen molar-refractivity contribution in [1.29, 1.82) is 0 Å². The molecule has 0 saturated carbocycles. The van der Waals surface area contributed by atoms with Crippen LogP contribution < -0.4 is 4.90 Å². The molecule has 1 aromatic rings. The van der Waals surface area contributed by atoms with Gasteiger partial charge in [0.2, 0.25) is 0 Å². The van der Waals surface area contributed by atoms with Crippen molar-refractivity contribution in [2.24, 2.45) is 0 Å². The Hall–Kier alpha value is -0.800. The molecule has 2 rings (SSSR count). The highest BCUT2D eigenvalue weighted by Crippen LogP contribution is 2.24. The van der Waals surface area contributed by atoms with Crippen LogP contribution in [0.15, 0.2) is 18.5 Å². The van der Waals surface area contributed by atoms with E-state index in [-0.39, 0.29) is 0 Å². The molecule has 0 amide bonds. The number of alkyl halides is 1. The van der Waals surface area contributed by atoms with Gasteiger partial charge in [0, 0.05) is 37.8 Å². The van der Waals surface area contributed by atoms with E-state index in [2.05, 4.69) is 28.8 Å². The Morgan fingerprint density at radius 1 is 1.47 bits per heavy atom. The van der Waals surface area contributed by atoms with Gasteiger partial charge in [-0.3, -0.25) is 9.88 Å². The topological polar surface area (TPSA) is 19.4 Å². The third-order valence-corrected chi connectivity index (χ3v) is 3.91. The van der Waals surface area contributed by atoms with E-state index in [0.29, 0.717) is 11.9 Å². The number of hydrogen-bond donors (Lipinski definition) is 0. The van der Waals surface area contributed by atoms with Crippen LogP contribution in [0.4, 0.5) is 5.69 Å². The molecule has 1 aliphatic heterocycles. The molecule has 1 unspecified atom stereocenters. The molecule has 3 nitrogen and oxygen atoms in total. The summed E-state index contributed by atoms with van der Waals surface area (Å²) in [7, 11) is 2.21. The summed E-state index contributed by atoms with van der Waals surface area (Å²) in [6.45, 7) is 5.48. The van der Waals surface area contributed by atoms with Crippen LogP contribution in [-0.2, 0) is 5.88 Å². The summed E-state index contributed by atoms with van der Waals surface area (Å²) >= 11 is 5.99. The highest BCUT2D eigenvalue weighted by Gasteiger charge is 2.24. The van der Waals surface area contributed by atoms with Crippen molar-refractivity contribution in [3.63, 3.8) is 0 Å². The summed E-state index contributed by atoms with van der Waals surface area (Å²) < 4.78 is 0. The van der Waals surface area contributed by atoms with E-state index in [1.807, 2.05) is 18.5 Å². The number of halogens is 1. The van der Waals surface area contributed by atoms with Crippen molar-refractivity contribution in [3.05, 3.63) is 24.0 Å². The van der Waals surface area contributed by atoms with Gasteiger partial charge in [-0.1, -0.05) is 6.92 Å². The second-order valence-electron chi connectivity index (χ2n) is 4.63. The smallest absolute Gasteiger partial charge is 0.0598 e. The highest BCUT2D eigenvalue weighted by molar-refractivity contribution is 6.17. The number of hydrogen-bond acceptors (Lipinski definition) is 3. The van der Waals surface area contributed by atoms with Crippen LogP contribution in [0.3, 0.4) is 0 Å². The van der Waals surface area contributed by atoms with E-state index in [4.69, 9.17) is 11.6 Å². The molecule has 1 saturated heterocycles. The van der Waals surface area contributed by atoms with Crippen LogP contribution in [0.2, 0.25) is 0 Å². The number of anilines is 1. The van der Waals surface area contributed by atoms with Crippen molar-refractivity contribution in [3.8, 4) is 0 Å². The molecule has 0 radical (unpaired) electrons. The number of likely N-dealkylation sites (N-methyl/N-ethyl adjacent to an activating group) is 1. The van der Waals surface area contributed by atoms with E-state index in [1.165, 1.54) is 17.7 Å². The van der Waals surface area contributed by atoms with Gasteiger partial charge < -0.3 is 4.90 Å². The molecule has 1 fully saturated rings. The van der Waals surface area contributed by atoms with E-state index < -0.39 is 0 Å². The van der Waals surface area contributed by atoms with Crippen LogP contribution in [0.5, 0.6) is 0 Å². The van der Waals surface area contributed by atoms with Gasteiger partial charge in [0.1, 0.15) is 0 Å². The molecule has 1 atom stereocenters. The van der Waals surface area contributed by atoms with E-state index in [0.717, 1.165) is 19.6 Å². The van der Waals surface area contributed by atoms with Gasteiger partial charge in [-0.15, -0.1) is 11.6 Å². The van der Waals surface area contributed by atoms with Gasteiger partial charge in [-0.25, -0.2) is 0 Å². The van der Waals surface area contributed by atoms with E-state index in [1.54, 1.807) is 0 Å². The molecule has 1 aliphatic rings. The monoisotopic (exact) mass is 253 g/mol. The molecule has 0 bridgehead atoms. The molecular formula is C13H20ClN3. The Morgan fingerprint density at radius 3 is 3.00 bits per heavy atom. The van der Waals surface area contributed by atoms with Crippen molar-refractivity contribution in [1.82, 2.24) is 9.88 Å². The lowest BCUT2D eigenvalue weighted by atomic mass is 10.1. The maximum absolute atomic E-state index is 5.99. The molecule has 0 spiro atoms. The van der Waals surface area contributed by atoms with Crippen molar-refractivity contribution >= 4 is 17.3 Å². The summed E-state index contributed by atoms with van der Waals surface area (Å²) in [6, 6.07) is 2.65. The molecule has 1 aromatic heterocycles. The van der Waals surface area contributed by atoms with Crippen LogP contribution in [0.1, 0.15) is 18.9 Å². The van der Waals surface area contributed by atoms with Crippen LogP contribution in [-0.4, -0.2) is 42.6 Å². The number of rotatable bonds is 3. The van der Waals surface area contributed by atoms with Crippen LogP contribution in [0.25, 0.3) is 0 Å². The average molecular weight is 254 g/mol. The number of piperazine rings is 1. The van der Waals surface area contributed by atoms with Gasteiger partial charge in [-0.05, 0) is 25.1 Å². The summed E-state index contributed by atoms with van der Waals surface area (Å²) in [6.07, 6.45) is 4.94. The first-order chi connectivity index (χ1) is 8.26. The second kappa shape index (κ2) is 5.69. The first-order valence-corrected chi connectivity index (χ1v) is 6.73. The van der Waals surface area contributed by atoms with Crippen molar-refractivity contribution in [2.75, 3.05) is 31.6 Å². The molecule has 2 heterocycles. The maximum Gasteiger partial charge on any atom is 0.0598 e. The highest BCUT2D eigenvalue weighted by atomic mass is 35.5. The van der Waals surface area contributed by atoms with Gasteiger partial charge in [-0.2, -0.15) is 0 Å². The quantitative estimate of drug-likeness (QED) is 0.771. The average Bonchev–Trinajstić information content (AvgIpc) is 2.39. The van der Waals surface area contributed by atoms with E-state index >= 15 is 0 Å². The molecule has 0 aromatic carbocycles. The third-order valence-electron chi connectivity index (χ3n) is 3.62. The van der Waals surface area contributed by atoms with Gasteiger partial charge >= 0.3 is 0 Å². The largest absolute Gasteiger partial charge is 0.367 e. The molecule has 17 heavy (non-hydrogen) atoms. The minimum absolute atomic E-state index is 0.557. The number of pyridine rings is 1. The molecule has 4 heteroatoms. The fraction of sp³-hybridized carbons (Fsp3) is 0.615. The van der Waals surface area contributed by atoms with Crippen molar-refractivity contribution < 1.29 is 0 Å². The standard InChI is InChI=1S/C13H20ClN3/c1-3-12-10-17(7-6-16(12)2)13-9-15-5-4-11(13)8-14/h4-5,9,12H,3,6-8,10H2,1-2H3. The number of nitrogens with zero attached hydrogens (tertiary/aromatic N) is 3. The Labute approximate surface area is 108 Å². The molecule has 0 N–H and O–H groups in total. The molecule has 0 aliphatic carbocycles. The Morgan fingerprint density at radius 2 is 2.29 bits per heavy atom. The first-order valence-electron chi connectivity index (χ1n) is 6.20. The normalized spacial score (nSPS) is 21.8. The third kappa shape index (κ3) is 2.72. The minimum Gasteiger partial charge on any atom is -0.367 e. The predicted molar refractivity (Wildman–Crippen MR) is 72.7 cm³/mol. The maximum atomic E-state index is 5.99. The van der Waals surface area contributed by atoms with Crippen LogP contribution in [0, 0.1) is 0 Å². The lowest BCUT2D eigenvalue weighted by molar-refractivity contribution is 0.213. The Balaban J connectivity index is 2.17. The summed E-state index contributed by atoms with van der Waals surface area (Å²) in [5.74, 6) is 0.557. The lowest BCUT2D eigenvalue weighted by Gasteiger charge is -2.40. The zero-order valence-corrected chi connectivity index (χ0v) is 11.3. The van der Waals surface area contributed by atoms with Crippen molar-refractivity contribution in [2.45, 2.75) is 25.3 Å². The summed E-state index contributed by atoms with van der Waals surface area (Å²) in [5.41, 5.74) is 2.38. The van der Waals surface area contributed by atoms with Gasteiger partial charge in [0.05, 0.1) is 11.9 Å². The lowest BCUT2D eigenvalue weighted by Crippen LogP contribution is -2.51. The number of aromatic nitrogens is 1.